The number of aryl methyl sites for hydroxylation is 1. The number of rotatable bonds is 6. The standard InChI is InChI=1S/C17H20N2O4S2/c1-24(20,21)19-11-9-15-7-8-16(13-17(15)19)18-25(22,23)12-10-14-5-3-2-4-6-14/h2-8,13,18H,9-12H2,1H3. The predicted octanol–water partition coefficient (Wildman–Crippen LogP) is 1.99. The fraction of sp³-hybridized carbons (Fsp3) is 0.294. The minimum Gasteiger partial charge on any atom is -0.283 e. The molecule has 134 valence electrons. The molecule has 3 rings (SSSR count). The number of anilines is 2. The summed E-state index contributed by atoms with van der Waals surface area (Å²) in [7, 11) is -6.89. The first-order valence-corrected chi connectivity index (χ1v) is 11.4. The van der Waals surface area contributed by atoms with Crippen molar-refractivity contribution in [3.8, 4) is 0 Å². The summed E-state index contributed by atoms with van der Waals surface area (Å²) in [5, 5.41) is 0. The van der Waals surface area contributed by atoms with E-state index < -0.39 is 20.0 Å². The molecule has 0 radical (unpaired) electrons. The van der Waals surface area contributed by atoms with Crippen LogP contribution in [0.3, 0.4) is 0 Å². The van der Waals surface area contributed by atoms with Crippen molar-refractivity contribution in [3.63, 3.8) is 0 Å². The van der Waals surface area contributed by atoms with Gasteiger partial charge in [0, 0.05) is 6.54 Å². The fourth-order valence-electron chi connectivity index (χ4n) is 2.89. The van der Waals surface area contributed by atoms with Crippen LogP contribution >= 0.6 is 0 Å². The third-order valence-electron chi connectivity index (χ3n) is 4.11. The van der Waals surface area contributed by atoms with Crippen molar-refractivity contribution in [2.24, 2.45) is 0 Å². The highest BCUT2D eigenvalue weighted by atomic mass is 32.2. The van der Waals surface area contributed by atoms with Gasteiger partial charge in [0.25, 0.3) is 0 Å². The van der Waals surface area contributed by atoms with Crippen LogP contribution in [0.25, 0.3) is 0 Å². The van der Waals surface area contributed by atoms with Crippen molar-refractivity contribution in [2.45, 2.75) is 12.8 Å². The molecule has 25 heavy (non-hydrogen) atoms. The van der Waals surface area contributed by atoms with Gasteiger partial charge in [-0.05, 0) is 36.1 Å². The molecule has 0 atom stereocenters. The van der Waals surface area contributed by atoms with Gasteiger partial charge in [-0.1, -0.05) is 36.4 Å². The Morgan fingerprint density at radius 2 is 1.76 bits per heavy atom. The maximum Gasteiger partial charge on any atom is 0.233 e. The average Bonchev–Trinajstić information content (AvgIpc) is 2.97. The van der Waals surface area contributed by atoms with Gasteiger partial charge in [-0.2, -0.15) is 0 Å². The van der Waals surface area contributed by atoms with Crippen molar-refractivity contribution in [1.29, 1.82) is 0 Å². The molecule has 0 spiro atoms. The van der Waals surface area contributed by atoms with E-state index in [0.717, 1.165) is 17.4 Å². The maximum atomic E-state index is 12.3. The lowest BCUT2D eigenvalue weighted by Gasteiger charge is -2.17. The zero-order valence-electron chi connectivity index (χ0n) is 13.8. The molecule has 1 aliphatic rings. The molecule has 0 aliphatic carbocycles. The molecule has 1 N–H and O–H groups in total. The summed E-state index contributed by atoms with van der Waals surface area (Å²) >= 11 is 0. The highest BCUT2D eigenvalue weighted by Gasteiger charge is 2.26. The van der Waals surface area contributed by atoms with Gasteiger partial charge in [0.15, 0.2) is 0 Å². The van der Waals surface area contributed by atoms with Gasteiger partial charge in [-0.25, -0.2) is 16.8 Å². The lowest BCUT2D eigenvalue weighted by Crippen LogP contribution is -2.27. The molecular formula is C17H20N2O4S2. The molecule has 0 amide bonds. The molecule has 0 unspecified atom stereocenters. The van der Waals surface area contributed by atoms with E-state index in [1.165, 1.54) is 4.31 Å². The van der Waals surface area contributed by atoms with Crippen LogP contribution in [0.2, 0.25) is 0 Å². The van der Waals surface area contributed by atoms with E-state index in [4.69, 9.17) is 0 Å². The van der Waals surface area contributed by atoms with Crippen LogP contribution in [0, 0.1) is 0 Å². The molecule has 0 fully saturated rings. The van der Waals surface area contributed by atoms with Gasteiger partial charge in [0.05, 0.1) is 23.4 Å². The van der Waals surface area contributed by atoms with Crippen LogP contribution in [0.5, 0.6) is 0 Å². The normalized spacial score (nSPS) is 14.4. The van der Waals surface area contributed by atoms with E-state index in [2.05, 4.69) is 4.72 Å². The van der Waals surface area contributed by atoms with Crippen LogP contribution in [-0.4, -0.2) is 35.4 Å². The van der Waals surface area contributed by atoms with Crippen LogP contribution in [0.4, 0.5) is 11.4 Å². The summed E-state index contributed by atoms with van der Waals surface area (Å²) in [5.74, 6) is -0.0378. The number of fused-ring (bicyclic) bond motifs is 1. The molecular weight excluding hydrogens is 360 g/mol. The molecule has 0 bridgehead atoms. The first kappa shape index (κ1) is 17.8. The first-order chi connectivity index (χ1) is 11.7. The van der Waals surface area contributed by atoms with E-state index in [-0.39, 0.29) is 5.75 Å². The Hall–Kier alpha value is -2.06. The van der Waals surface area contributed by atoms with Crippen molar-refractivity contribution in [2.75, 3.05) is 27.6 Å². The van der Waals surface area contributed by atoms with E-state index in [1.54, 1.807) is 18.2 Å². The summed E-state index contributed by atoms with van der Waals surface area (Å²) in [6.45, 7) is 0.387. The molecule has 2 aromatic rings. The average molecular weight is 380 g/mol. The van der Waals surface area contributed by atoms with E-state index in [9.17, 15) is 16.8 Å². The lowest BCUT2D eigenvalue weighted by molar-refractivity contribution is 0.597. The Morgan fingerprint density at radius 3 is 2.44 bits per heavy atom. The Kier molecular flexibility index (Phi) is 4.75. The zero-order valence-corrected chi connectivity index (χ0v) is 15.5. The van der Waals surface area contributed by atoms with Crippen LogP contribution in [0.15, 0.2) is 48.5 Å². The predicted molar refractivity (Wildman–Crippen MR) is 99.9 cm³/mol. The largest absolute Gasteiger partial charge is 0.283 e. The van der Waals surface area contributed by atoms with Gasteiger partial charge >= 0.3 is 0 Å². The third-order valence-corrected chi connectivity index (χ3v) is 6.58. The number of nitrogens with one attached hydrogen (secondary N) is 1. The van der Waals surface area contributed by atoms with Crippen molar-refractivity contribution < 1.29 is 16.8 Å². The maximum absolute atomic E-state index is 12.3. The number of hydrogen-bond acceptors (Lipinski definition) is 4. The van der Waals surface area contributed by atoms with Crippen LogP contribution in [0.1, 0.15) is 11.1 Å². The summed E-state index contributed by atoms with van der Waals surface area (Å²) in [6.07, 6.45) is 2.19. The highest BCUT2D eigenvalue weighted by molar-refractivity contribution is 7.92. The van der Waals surface area contributed by atoms with Crippen LogP contribution < -0.4 is 9.03 Å². The second-order valence-electron chi connectivity index (χ2n) is 6.09. The van der Waals surface area contributed by atoms with Gasteiger partial charge < -0.3 is 0 Å². The minimum absolute atomic E-state index is 0.0378. The Balaban J connectivity index is 1.75. The second-order valence-corrected chi connectivity index (χ2v) is 9.83. The Labute approximate surface area is 148 Å². The summed E-state index contributed by atoms with van der Waals surface area (Å²) < 4.78 is 52.1. The quantitative estimate of drug-likeness (QED) is 0.831. The number of benzene rings is 2. The first-order valence-electron chi connectivity index (χ1n) is 7.90. The lowest BCUT2D eigenvalue weighted by atomic mass is 10.1. The van der Waals surface area contributed by atoms with Gasteiger partial charge in [0.1, 0.15) is 0 Å². The number of hydrogen-bond donors (Lipinski definition) is 1. The molecule has 1 aliphatic heterocycles. The number of nitrogens with zero attached hydrogens (tertiary/aromatic N) is 1. The SMILES string of the molecule is CS(=O)(=O)N1CCc2ccc(NS(=O)(=O)CCc3ccccc3)cc21. The molecule has 0 aromatic heterocycles. The topological polar surface area (TPSA) is 83.6 Å². The minimum atomic E-state index is -3.52. The molecule has 0 saturated heterocycles. The third kappa shape index (κ3) is 4.32. The molecule has 6 nitrogen and oxygen atoms in total. The molecule has 8 heteroatoms. The zero-order chi connectivity index (χ0) is 18.1. The van der Waals surface area contributed by atoms with Crippen molar-refractivity contribution in [1.82, 2.24) is 0 Å². The van der Waals surface area contributed by atoms with E-state index in [0.29, 0.717) is 30.8 Å². The highest BCUT2D eigenvalue weighted by Crippen LogP contribution is 2.32. The Morgan fingerprint density at radius 1 is 1.04 bits per heavy atom. The van der Waals surface area contributed by atoms with Gasteiger partial charge in [0.2, 0.25) is 20.0 Å². The Bertz CT molecular complexity index is 971. The van der Waals surface area contributed by atoms with Crippen molar-refractivity contribution in [3.05, 3.63) is 59.7 Å². The second kappa shape index (κ2) is 6.68. The molecule has 0 saturated carbocycles. The molecule has 1 heterocycles. The summed E-state index contributed by atoms with van der Waals surface area (Å²) in [5.41, 5.74) is 2.77. The molecule has 2 aromatic carbocycles. The van der Waals surface area contributed by atoms with E-state index in [1.807, 2.05) is 30.3 Å². The number of sulfonamides is 2. The smallest absolute Gasteiger partial charge is 0.233 e. The summed E-state index contributed by atoms with van der Waals surface area (Å²) in [4.78, 5) is 0. The van der Waals surface area contributed by atoms with Crippen LogP contribution in [-0.2, 0) is 32.9 Å². The van der Waals surface area contributed by atoms with Crippen molar-refractivity contribution >= 4 is 31.4 Å². The monoisotopic (exact) mass is 380 g/mol. The van der Waals surface area contributed by atoms with Gasteiger partial charge in [-0.3, -0.25) is 9.03 Å². The summed E-state index contributed by atoms with van der Waals surface area (Å²) in [6, 6.07) is 14.4. The van der Waals surface area contributed by atoms with Gasteiger partial charge in [-0.15, -0.1) is 0 Å². The fourth-order valence-corrected chi connectivity index (χ4v) is 4.93. The van der Waals surface area contributed by atoms with E-state index >= 15 is 0 Å².